The first kappa shape index (κ1) is 19.3. The highest BCUT2D eigenvalue weighted by atomic mass is 16.5. The third kappa shape index (κ3) is 4.84. The second kappa shape index (κ2) is 8.07. The first-order valence-electron chi connectivity index (χ1n) is 8.88. The lowest BCUT2D eigenvalue weighted by Crippen LogP contribution is -2.50. The first-order chi connectivity index (χ1) is 13.3. The molecule has 0 bridgehead atoms. The summed E-state index contributed by atoms with van der Waals surface area (Å²) >= 11 is 0. The molecule has 10 heteroatoms. The van der Waals surface area contributed by atoms with Crippen molar-refractivity contribution in [3.05, 3.63) is 29.8 Å². The molecule has 3 rings (SSSR count). The highest BCUT2D eigenvalue weighted by Crippen LogP contribution is 2.19. The summed E-state index contributed by atoms with van der Waals surface area (Å²) in [6.07, 6.45) is 0.846. The van der Waals surface area contributed by atoms with Crippen LogP contribution in [0.4, 0.5) is 10.5 Å². The Hall–Kier alpha value is -3.43. The number of carbonyl (C=O) groups is 5. The van der Waals surface area contributed by atoms with E-state index in [9.17, 15) is 24.0 Å². The van der Waals surface area contributed by atoms with E-state index in [1.807, 2.05) is 0 Å². The van der Waals surface area contributed by atoms with Crippen LogP contribution in [0.15, 0.2) is 24.3 Å². The van der Waals surface area contributed by atoms with Crippen molar-refractivity contribution in [1.29, 1.82) is 0 Å². The van der Waals surface area contributed by atoms with E-state index in [4.69, 9.17) is 4.74 Å². The molecule has 0 radical (unpaired) electrons. The number of esters is 1. The smallest absolute Gasteiger partial charge is 0.338 e. The molecule has 1 aromatic rings. The van der Waals surface area contributed by atoms with E-state index in [0.29, 0.717) is 5.69 Å². The van der Waals surface area contributed by atoms with Gasteiger partial charge in [-0.1, -0.05) is 0 Å². The van der Waals surface area contributed by atoms with Crippen LogP contribution in [0.5, 0.6) is 0 Å². The topological polar surface area (TPSA) is 134 Å². The Bertz CT molecular complexity index is 818. The molecule has 0 aromatic heterocycles. The van der Waals surface area contributed by atoms with E-state index < -0.39 is 24.0 Å². The molecule has 1 saturated heterocycles. The largest absolute Gasteiger partial charge is 0.449 e. The lowest BCUT2D eigenvalue weighted by Gasteiger charge is -2.27. The average molecular weight is 388 g/mol. The van der Waals surface area contributed by atoms with Gasteiger partial charge in [0.25, 0.3) is 5.91 Å². The van der Waals surface area contributed by atoms with Gasteiger partial charge in [-0.15, -0.1) is 0 Å². The molecule has 3 N–H and O–H groups in total. The van der Waals surface area contributed by atoms with Crippen LogP contribution in [0.25, 0.3) is 0 Å². The van der Waals surface area contributed by atoms with Crippen molar-refractivity contribution >= 4 is 35.4 Å². The van der Waals surface area contributed by atoms with E-state index in [0.717, 1.165) is 17.9 Å². The van der Waals surface area contributed by atoms with E-state index in [-0.39, 0.29) is 36.3 Å². The molecule has 1 aromatic carbocycles. The molecule has 0 spiro atoms. The number of carbonyl (C=O) groups excluding carboxylic acids is 5. The van der Waals surface area contributed by atoms with Gasteiger partial charge in [-0.25, -0.2) is 14.6 Å². The quantitative estimate of drug-likeness (QED) is 0.624. The van der Waals surface area contributed by atoms with Gasteiger partial charge >= 0.3 is 12.0 Å². The number of ether oxygens (including phenoxy) is 1. The summed E-state index contributed by atoms with van der Waals surface area (Å²) in [6, 6.07) is 5.27. The summed E-state index contributed by atoms with van der Waals surface area (Å²) in [7, 11) is 0. The summed E-state index contributed by atoms with van der Waals surface area (Å²) in [4.78, 5) is 59.0. The van der Waals surface area contributed by atoms with Crippen LogP contribution >= 0.6 is 0 Å². The molecule has 28 heavy (non-hydrogen) atoms. The maximum atomic E-state index is 12.2. The van der Waals surface area contributed by atoms with Gasteiger partial charge < -0.3 is 10.1 Å². The number of hydrogen-bond acceptors (Lipinski definition) is 6. The van der Waals surface area contributed by atoms with E-state index in [2.05, 4.69) is 16.1 Å². The highest BCUT2D eigenvalue weighted by Gasteiger charge is 2.27. The summed E-state index contributed by atoms with van der Waals surface area (Å²) < 4.78 is 5.06. The van der Waals surface area contributed by atoms with Gasteiger partial charge in [0, 0.05) is 18.9 Å². The van der Waals surface area contributed by atoms with Crippen LogP contribution in [0.2, 0.25) is 0 Å². The molecule has 5 amide bonds. The Morgan fingerprint density at radius 2 is 1.82 bits per heavy atom. The van der Waals surface area contributed by atoms with Crippen LogP contribution in [0.3, 0.4) is 0 Å². The number of amides is 5. The summed E-state index contributed by atoms with van der Waals surface area (Å²) in [6.45, 7) is 1.36. The van der Waals surface area contributed by atoms with Crippen LogP contribution in [0, 0.1) is 0 Å². The predicted octanol–water partition coefficient (Wildman–Crippen LogP) is 0.378. The molecular formula is C18H20N4O6. The normalized spacial score (nSPS) is 17.4. The van der Waals surface area contributed by atoms with Crippen LogP contribution in [-0.4, -0.2) is 41.9 Å². The second-order valence-electron chi connectivity index (χ2n) is 6.60. The highest BCUT2D eigenvalue weighted by molar-refractivity contribution is 6.02. The fourth-order valence-electron chi connectivity index (χ4n) is 2.48. The third-order valence-corrected chi connectivity index (χ3v) is 4.22. The van der Waals surface area contributed by atoms with Crippen molar-refractivity contribution in [3.63, 3.8) is 0 Å². The van der Waals surface area contributed by atoms with Gasteiger partial charge in [0.15, 0.2) is 6.10 Å². The average Bonchev–Trinajstić information content (AvgIpc) is 3.47. The summed E-state index contributed by atoms with van der Waals surface area (Å²) in [5, 5.41) is 5.83. The minimum Gasteiger partial charge on any atom is -0.449 e. The van der Waals surface area contributed by atoms with Crippen molar-refractivity contribution in [2.24, 2.45) is 0 Å². The SMILES string of the molecule is CC(OC(=O)c1ccc(N2NC(=O)CCC2=O)cc1)C(=O)NC(=O)NC1CC1. The molecular weight excluding hydrogens is 368 g/mol. The van der Waals surface area contributed by atoms with Crippen molar-refractivity contribution < 1.29 is 28.7 Å². The molecule has 2 fully saturated rings. The van der Waals surface area contributed by atoms with Crippen molar-refractivity contribution in [1.82, 2.24) is 16.1 Å². The van der Waals surface area contributed by atoms with Crippen molar-refractivity contribution in [2.45, 2.75) is 44.8 Å². The van der Waals surface area contributed by atoms with Crippen molar-refractivity contribution in [2.75, 3.05) is 5.01 Å². The molecule has 1 aliphatic carbocycles. The Labute approximate surface area is 160 Å². The number of hydrazine groups is 1. The van der Waals surface area contributed by atoms with Gasteiger partial charge in [-0.2, -0.15) is 0 Å². The third-order valence-electron chi connectivity index (χ3n) is 4.22. The fourth-order valence-corrected chi connectivity index (χ4v) is 2.48. The number of nitrogens with zero attached hydrogens (tertiary/aromatic N) is 1. The molecule has 1 aliphatic heterocycles. The zero-order chi connectivity index (χ0) is 20.3. The summed E-state index contributed by atoms with van der Waals surface area (Å²) in [5.74, 6) is -2.02. The number of urea groups is 1. The maximum absolute atomic E-state index is 12.2. The van der Waals surface area contributed by atoms with Gasteiger partial charge in [-0.3, -0.25) is 25.1 Å². The van der Waals surface area contributed by atoms with E-state index >= 15 is 0 Å². The number of anilines is 1. The number of hydrogen-bond donors (Lipinski definition) is 3. The lowest BCUT2D eigenvalue weighted by molar-refractivity contribution is -0.130. The molecule has 1 unspecified atom stereocenters. The minimum atomic E-state index is -1.17. The van der Waals surface area contributed by atoms with Crippen LogP contribution in [0.1, 0.15) is 43.0 Å². The molecule has 10 nitrogen and oxygen atoms in total. The monoisotopic (exact) mass is 388 g/mol. The number of rotatable bonds is 5. The Morgan fingerprint density at radius 3 is 2.46 bits per heavy atom. The Morgan fingerprint density at radius 1 is 1.14 bits per heavy atom. The molecule has 2 aliphatic rings. The number of benzene rings is 1. The zero-order valence-electron chi connectivity index (χ0n) is 15.2. The summed E-state index contributed by atoms with van der Waals surface area (Å²) in [5.41, 5.74) is 3.01. The minimum absolute atomic E-state index is 0.0979. The van der Waals surface area contributed by atoms with Gasteiger partial charge in [0.05, 0.1) is 11.3 Å². The molecule has 1 saturated carbocycles. The van der Waals surface area contributed by atoms with Crippen LogP contribution in [-0.2, 0) is 19.1 Å². The predicted molar refractivity (Wildman–Crippen MR) is 95.9 cm³/mol. The Balaban J connectivity index is 1.54. The van der Waals surface area contributed by atoms with Gasteiger partial charge in [0.1, 0.15) is 0 Å². The van der Waals surface area contributed by atoms with E-state index in [1.54, 1.807) is 0 Å². The standard InChI is InChI=1S/C18H20N4O6/c1-10(16(25)20-18(27)19-12-4-5-12)28-17(26)11-2-6-13(7-3-11)22-15(24)9-8-14(23)21-22/h2-3,6-7,10,12H,4-5,8-9H2,1H3,(H,21,23)(H2,19,20,25,27). The molecule has 1 atom stereocenters. The lowest BCUT2D eigenvalue weighted by atomic mass is 10.1. The fraction of sp³-hybridized carbons (Fsp3) is 0.389. The van der Waals surface area contributed by atoms with Crippen LogP contribution < -0.4 is 21.1 Å². The number of nitrogens with one attached hydrogen (secondary N) is 3. The first-order valence-corrected chi connectivity index (χ1v) is 8.88. The second-order valence-corrected chi connectivity index (χ2v) is 6.60. The van der Waals surface area contributed by atoms with Gasteiger partial charge in [0.2, 0.25) is 11.8 Å². The van der Waals surface area contributed by atoms with E-state index in [1.165, 1.54) is 31.2 Å². The Kier molecular flexibility index (Phi) is 5.57. The zero-order valence-corrected chi connectivity index (χ0v) is 15.2. The molecule has 1 heterocycles. The maximum Gasteiger partial charge on any atom is 0.338 e. The number of imide groups is 1. The molecule has 148 valence electrons. The van der Waals surface area contributed by atoms with Crippen molar-refractivity contribution in [3.8, 4) is 0 Å². The van der Waals surface area contributed by atoms with Gasteiger partial charge in [-0.05, 0) is 44.0 Å².